The second kappa shape index (κ2) is 6.87. The van der Waals surface area contributed by atoms with Gasteiger partial charge in [-0.3, -0.25) is 0 Å². The molecule has 2 rings (SSSR count). The number of halogens is 1. The molecule has 1 N–H and O–H groups in total. The van der Waals surface area contributed by atoms with Gasteiger partial charge in [-0.1, -0.05) is 31.5 Å². The average Bonchev–Trinajstić information content (AvgIpc) is 2.40. The van der Waals surface area contributed by atoms with E-state index in [1.807, 2.05) is 11.8 Å². The lowest BCUT2D eigenvalue weighted by Crippen LogP contribution is -2.44. The molecule has 19 heavy (non-hydrogen) atoms. The van der Waals surface area contributed by atoms with Crippen LogP contribution < -0.4 is 10.2 Å². The van der Waals surface area contributed by atoms with Gasteiger partial charge in [-0.15, -0.1) is 0 Å². The second-order valence-corrected chi connectivity index (χ2v) is 6.97. The van der Waals surface area contributed by atoms with Crippen LogP contribution in [0, 0.1) is 0 Å². The topological polar surface area (TPSA) is 15.3 Å². The molecule has 1 aromatic carbocycles. The summed E-state index contributed by atoms with van der Waals surface area (Å²) >= 11 is 8.53. The third kappa shape index (κ3) is 3.59. The molecule has 2 atom stereocenters. The van der Waals surface area contributed by atoms with Gasteiger partial charge in [0.25, 0.3) is 0 Å². The molecule has 0 spiro atoms. The van der Waals surface area contributed by atoms with Crippen molar-refractivity contribution in [2.24, 2.45) is 0 Å². The molecule has 2 nitrogen and oxygen atoms in total. The molecule has 106 valence electrons. The summed E-state index contributed by atoms with van der Waals surface area (Å²) in [5.74, 6) is 1.18. The van der Waals surface area contributed by atoms with Crippen LogP contribution in [-0.4, -0.2) is 30.1 Å². The van der Waals surface area contributed by atoms with E-state index in [0.717, 1.165) is 24.7 Å². The largest absolute Gasteiger partial charge is 0.366 e. The number of benzene rings is 1. The summed E-state index contributed by atoms with van der Waals surface area (Å²) in [7, 11) is 0. The van der Waals surface area contributed by atoms with E-state index < -0.39 is 0 Å². The van der Waals surface area contributed by atoms with Crippen molar-refractivity contribution in [3.63, 3.8) is 0 Å². The zero-order valence-corrected chi connectivity index (χ0v) is 13.5. The normalized spacial score (nSPS) is 23.7. The summed E-state index contributed by atoms with van der Waals surface area (Å²) in [6.45, 7) is 9.66. The average molecular weight is 299 g/mol. The smallest absolute Gasteiger partial charge is 0.0642 e. The molecule has 1 saturated heterocycles. The van der Waals surface area contributed by atoms with E-state index in [0.29, 0.717) is 11.3 Å². The van der Waals surface area contributed by atoms with Crippen molar-refractivity contribution in [3.05, 3.63) is 28.8 Å². The number of nitrogens with zero attached hydrogens (tertiary/aromatic N) is 1. The van der Waals surface area contributed by atoms with E-state index in [9.17, 15) is 0 Å². The maximum Gasteiger partial charge on any atom is 0.0642 e. The van der Waals surface area contributed by atoms with Gasteiger partial charge < -0.3 is 10.2 Å². The predicted octanol–water partition coefficient (Wildman–Crippen LogP) is 3.78. The Hall–Kier alpha value is -0.380. The predicted molar refractivity (Wildman–Crippen MR) is 87.6 cm³/mol. The lowest BCUT2D eigenvalue weighted by Gasteiger charge is -2.39. The first-order valence-corrected chi connectivity index (χ1v) is 8.43. The van der Waals surface area contributed by atoms with Crippen molar-refractivity contribution in [2.45, 2.75) is 38.6 Å². The minimum Gasteiger partial charge on any atom is -0.366 e. The molecule has 1 heterocycles. The molecule has 2 unspecified atom stereocenters. The highest BCUT2D eigenvalue weighted by Crippen LogP contribution is 2.34. The zero-order chi connectivity index (χ0) is 13.8. The van der Waals surface area contributed by atoms with Gasteiger partial charge in [-0.25, -0.2) is 0 Å². The molecule has 0 amide bonds. The number of nitrogens with one attached hydrogen (secondary N) is 1. The first kappa shape index (κ1) is 15.0. The number of rotatable bonds is 4. The number of hydrogen-bond acceptors (Lipinski definition) is 3. The summed E-state index contributed by atoms with van der Waals surface area (Å²) in [4.78, 5) is 2.44. The maximum absolute atomic E-state index is 6.48. The van der Waals surface area contributed by atoms with Crippen molar-refractivity contribution in [1.82, 2.24) is 5.32 Å². The van der Waals surface area contributed by atoms with Gasteiger partial charge in [-0.05, 0) is 31.2 Å². The fourth-order valence-electron chi connectivity index (χ4n) is 2.44. The third-order valence-electron chi connectivity index (χ3n) is 3.78. The first-order chi connectivity index (χ1) is 9.13. The first-order valence-electron chi connectivity index (χ1n) is 7.01. The molecule has 0 saturated carbocycles. The van der Waals surface area contributed by atoms with Crippen LogP contribution in [0.2, 0.25) is 5.02 Å². The Balaban J connectivity index is 2.15. The van der Waals surface area contributed by atoms with E-state index in [-0.39, 0.29) is 0 Å². The van der Waals surface area contributed by atoms with Crippen molar-refractivity contribution in [1.29, 1.82) is 0 Å². The Kier molecular flexibility index (Phi) is 5.43. The molecule has 4 heteroatoms. The molecule has 1 aromatic rings. The molecular formula is C15H23ClN2S. The number of hydrogen-bond donors (Lipinski definition) is 1. The van der Waals surface area contributed by atoms with E-state index in [2.05, 4.69) is 49.2 Å². The Labute approximate surface area is 125 Å². The summed E-state index contributed by atoms with van der Waals surface area (Å²) in [6.07, 6.45) is 0. The highest BCUT2D eigenvalue weighted by molar-refractivity contribution is 8.00. The molecule has 1 fully saturated rings. The van der Waals surface area contributed by atoms with Crippen LogP contribution >= 0.6 is 23.4 Å². The highest BCUT2D eigenvalue weighted by Gasteiger charge is 2.26. The Morgan fingerprint density at radius 1 is 1.42 bits per heavy atom. The van der Waals surface area contributed by atoms with E-state index in [1.54, 1.807) is 0 Å². The fraction of sp³-hybridized carbons (Fsp3) is 0.600. The van der Waals surface area contributed by atoms with Crippen LogP contribution in [0.3, 0.4) is 0 Å². The van der Waals surface area contributed by atoms with Gasteiger partial charge >= 0.3 is 0 Å². The van der Waals surface area contributed by atoms with Crippen LogP contribution in [0.1, 0.15) is 26.3 Å². The number of anilines is 1. The molecule has 0 radical (unpaired) electrons. The van der Waals surface area contributed by atoms with Gasteiger partial charge in [0.1, 0.15) is 0 Å². The van der Waals surface area contributed by atoms with Crippen molar-refractivity contribution in [2.75, 3.05) is 23.7 Å². The standard InChI is InChI=1S/C15H23ClN2S/c1-4-17-10-13-5-6-15(14(16)9-13)18-7-8-19-12(3)11(18)2/h5-6,9,11-12,17H,4,7-8,10H2,1-3H3. The van der Waals surface area contributed by atoms with Gasteiger partial charge in [0.05, 0.1) is 10.7 Å². The molecule has 1 aliphatic heterocycles. The third-order valence-corrected chi connectivity index (χ3v) is 5.43. The van der Waals surface area contributed by atoms with Gasteiger partial charge in [-0.2, -0.15) is 11.8 Å². The van der Waals surface area contributed by atoms with Crippen molar-refractivity contribution < 1.29 is 0 Å². The Bertz CT molecular complexity index is 425. The van der Waals surface area contributed by atoms with E-state index >= 15 is 0 Å². The molecule has 0 bridgehead atoms. The van der Waals surface area contributed by atoms with Crippen LogP contribution in [0.4, 0.5) is 5.69 Å². The van der Waals surface area contributed by atoms with E-state index in [4.69, 9.17) is 11.6 Å². The minimum atomic E-state index is 0.538. The van der Waals surface area contributed by atoms with Crippen LogP contribution in [-0.2, 0) is 6.54 Å². The van der Waals surface area contributed by atoms with Gasteiger partial charge in [0, 0.05) is 30.1 Å². The van der Waals surface area contributed by atoms with Gasteiger partial charge in [0.15, 0.2) is 0 Å². The van der Waals surface area contributed by atoms with E-state index in [1.165, 1.54) is 17.0 Å². The molecule has 0 aromatic heterocycles. The summed E-state index contributed by atoms with van der Waals surface area (Å²) in [5.41, 5.74) is 2.43. The monoisotopic (exact) mass is 298 g/mol. The van der Waals surface area contributed by atoms with Gasteiger partial charge in [0.2, 0.25) is 0 Å². The molecule has 1 aliphatic rings. The lowest BCUT2D eigenvalue weighted by molar-refractivity contribution is 0.627. The SMILES string of the molecule is CCNCc1ccc(N2CCSC(C)C2C)c(Cl)c1. The van der Waals surface area contributed by atoms with Crippen LogP contribution in [0.25, 0.3) is 0 Å². The highest BCUT2D eigenvalue weighted by atomic mass is 35.5. The quantitative estimate of drug-likeness (QED) is 0.911. The Morgan fingerprint density at radius 2 is 2.21 bits per heavy atom. The van der Waals surface area contributed by atoms with Crippen molar-refractivity contribution >= 4 is 29.1 Å². The molecule has 0 aliphatic carbocycles. The van der Waals surface area contributed by atoms with Crippen LogP contribution in [0.5, 0.6) is 0 Å². The van der Waals surface area contributed by atoms with Crippen molar-refractivity contribution in [3.8, 4) is 0 Å². The summed E-state index contributed by atoms with van der Waals surface area (Å²) < 4.78 is 0. The Morgan fingerprint density at radius 3 is 2.89 bits per heavy atom. The van der Waals surface area contributed by atoms with Crippen LogP contribution in [0.15, 0.2) is 18.2 Å². The lowest BCUT2D eigenvalue weighted by atomic mass is 10.1. The summed E-state index contributed by atoms with van der Waals surface area (Å²) in [5, 5.41) is 4.87. The maximum atomic E-state index is 6.48. The second-order valence-electron chi connectivity index (χ2n) is 5.08. The minimum absolute atomic E-state index is 0.538. The summed E-state index contributed by atoms with van der Waals surface area (Å²) in [6, 6.07) is 6.99. The number of thioether (sulfide) groups is 1. The fourth-order valence-corrected chi connectivity index (χ4v) is 3.85. The molecular weight excluding hydrogens is 276 g/mol. The zero-order valence-electron chi connectivity index (χ0n) is 11.9.